The third-order valence-electron chi connectivity index (χ3n) is 8.06. The molecule has 0 amide bonds. The molecule has 5 nitrogen and oxygen atoms in total. The van der Waals surface area contributed by atoms with Crippen molar-refractivity contribution in [3.05, 3.63) is 139 Å². The molecule has 1 aliphatic rings. The Bertz CT molecular complexity index is 2040. The Kier molecular flexibility index (Phi) is 5.95. The van der Waals surface area contributed by atoms with Crippen LogP contribution >= 0.6 is 0 Å². The molecule has 0 bridgehead atoms. The molecule has 1 aliphatic heterocycles. The van der Waals surface area contributed by atoms with Crippen molar-refractivity contribution >= 4 is 38.9 Å². The zero-order chi connectivity index (χ0) is 26.8. The maximum atomic E-state index is 4.71. The Morgan fingerprint density at radius 3 is 2.32 bits per heavy atom. The average Bonchev–Trinajstić information content (AvgIpc) is 3.64. The van der Waals surface area contributed by atoms with Crippen LogP contribution in [0.2, 0.25) is 0 Å². The first-order valence-corrected chi connectivity index (χ1v) is 13.4. The van der Waals surface area contributed by atoms with Gasteiger partial charge in [0.2, 0.25) is 0 Å². The van der Waals surface area contributed by atoms with Crippen LogP contribution in [-0.2, 0) is 26.5 Å². The van der Waals surface area contributed by atoms with Gasteiger partial charge in [0.15, 0.2) is 0 Å². The third-order valence-corrected chi connectivity index (χ3v) is 8.06. The van der Waals surface area contributed by atoms with Gasteiger partial charge in [0.25, 0.3) is 0 Å². The molecule has 200 valence electrons. The number of nitrogens with zero attached hydrogens (tertiary/aromatic N) is 5. The van der Waals surface area contributed by atoms with Gasteiger partial charge in [-0.3, -0.25) is 4.68 Å². The van der Waals surface area contributed by atoms with E-state index in [0.29, 0.717) is 0 Å². The van der Waals surface area contributed by atoms with Crippen LogP contribution in [0.4, 0.5) is 17.1 Å². The molecule has 4 aromatic carbocycles. The van der Waals surface area contributed by atoms with Crippen molar-refractivity contribution < 1.29 is 21.1 Å². The van der Waals surface area contributed by atoms with Gasteiger partial charge in [-0.25, -0.2) is 4.98 Å². The minimum absolute atomic E-state index is 0. The molecule has 41 heavy (non-hydrogen) atoms. The van der Waals surface area contributed by atoms with Crippen LogP contribution in [0, 0.1) is 12.1 Å². The Hall–Kier alpha value is -4.47. The number of pyridine rings is 1. The molecule has 0 saturated heterocycles. The first kappa shape index (κ1) is 25.5. The quantitative estimate of drug-likeness (QED) is 0.174. The molecule has 0 aliphatic carbocycles. The summed E-state index contributed by atoms with van der Waals surface area (Å²) in [5.41, 5.74) is 8.36. The van der Waals surface area contributed by atoms with Crippen LogP contribution in [0.15, 0.2) is 116 Å². The van der Waals surface area contributed by atoms with Crippen molar-refractivity contribution in [1.29, 1.82) is 0 Å². The second-order valence-electron chi connectivity index (χ2n) is 10.7. The maximum absolute atomic E-state index is 4.71. The van der Waals surface area contributed by atoms with Gasteiger partial charge in [-0.1, -0.05) is 73.2 Å². The van der Waals surface area contributed by atoms with Crippen LogP contribution in [0.5, 0.6) is 0 Å². The Morgan fingerprint density at radius 2 is 1.49 bits per heavy atom. The molecule has 8 rings (SSSR count). The van der Waals surface area contributed by atoms with Gasteiger partial charge in [-0.15, -0.1) is 35.2 Å². The summed E-state index contributed by atoms with van der Waals surface area (Å²) in [6.07, 6.45) is 5.58. The SMILES string of the molecule is CC1(C)c2ccc(-n3cccn3)[c-]c2N(c2[c-]c3c(cc2)c2ccccc2n3-c2ccccn2)c2ccccc21.[Pt+2]. The fraction of sp³-hybridized carbons (Fsp3) is 0.0857. The summed E-state index contributed by atoms with van der Waals surface area (Å²) in [5.74, 6) is 0.871. The number of anilines is 3. The number of hydrogen-bond acceptors (Lipinski definition) is 3. The first-order valence-electron chi connectivity index (χ1n) is 13.4. The van der Waals surface area contributed by atoms with Crippen molar-refractivity contribution in [1.82, 2.24) is 19.3 Å². The molecular weight excluding hydrogens is 685 g/mol. The second-order valence-corrected chi connectivity index (χ2v) is 10.7. The summed E-state index contributed by atoms with van der Waals surface area (Å²) in [6.45, 7) is 4.57. The molecule has 0 spiro atoms. The molecule has 6 heteroatoms. The van der Waals surface area contributed by atoms with E-state index in [0.717, 1.165) is 45.0 Å². The van der Waals surface area contributed by atoms with Gasteiger partial charge >= 0.3 is 21.1 Å². The van der Waals surface area contributed by atoms with Crippen molar-refractivity contribution in [2.45, 2.75) is 19.3 Å². The van der Waals surface area contributed by atoms with E-state index in [4.69, 9.17) is 4.98 Å². The number of para-hydroxylation sites is 2. The van der Waals surface area contributed by atoms with Gasteiger partial charge in [0, 0.05) is 29.8 Å². The van der Waals surface area contributed by atoms with Gasteiger partial charge in [0.1, 0.15) is 5.82 Å². The molecule has 0 saturated carbocycles. The standard InChI is InChI=1S/C35H25N5.Pt/c1-35(2)28-11-4-6-13-31(28)39(33-22-24(16-18-29(33)35)38-21-9-20-37-38)25-15-17-27-26-10-3-5-12-30(26)40(32(27)23-25)34-14-7-8-19-36-34;/h3-21H,1-2H3;/q-2;+2. The molecule has 0 atom stereocenters. The van der Waals surface area contributed by atoms with Crippen molar-refractivity contribution in [3.63, 3.8) is 0 Å². The van der Waals surface area contributed by atoms with Crippen LogP contribution < -0.4 is 4.90 Å². The van der Waals surface area contributed by atoms with Crippen LogP contribution in [-0.4, -0.2) is 19.3 Å². The summed E-state index contributed by atoms with van der Waals surface area (Å²) in [6, 6.07) is 41.3. The Morgan fingerprint density at radius 1 is 0.683 bits per heavy atom. The van der Waals surface area contributed by atoms with Crippen molar-refractivity contribution in [2.75, 3.05) is 4.90 Å². The fourth-order valence-electron chi connectivity index (χ4n) is 6.15. The molecule has 4 heterocycles. The minimum Gasteiger partial charge on any atom is -0.358 e. The minimum atomic E-state index is -0.200. The van der Waals surface area contributed by atoms with E-state index in [2.05, 4.69) is 113 Å². The molecule has 0 radical (unpaired) electrons. The smallest absolute Gasteiger partial charge is 0.358 e. The van der Waals surface area contributed by atoms with E-state index in [9.17, 15) is 0 Å². The van der Waals surface area contributed by atoms with E-state index in [1.807, 2.05) is 41.3 Å². The van der Waals surface area contributed by atoms with Crippen LogP contribution in [0.3, 0.4) is 0 Å². The number of benzene rings is 4. The fourth-order valence-corrected chi connectivity index (χ4v) is 6.15. The number of hydrogen-bond donors (Lipinski definition) is 0. The summed E-state index contributed by atoms with van der Waals surface area (Å²) < 4.78 is 4.07. The molecule has 3 aromatic heterocycles. The number of aromatic nitrogens is 4. The molecule has 0 unspecified atom stereocenters. The Balaban J connectivity index is 0.00000276. The predicted molar refractivity (Wildman–Crippen MR) is 160 cm³/mol. The molecule has 0 N–H and O–H groups in total. The topological polar surface area (TPSA) is 38.9 Å². The van der Waals surface area contributed by atoms with Crippen molar-refractivity contribution in [3.8, 4) is 11.5 Å². The Labute approximate surface area is 253 Å². The van der Waals surface area contributed by atoms with Gasteiger partial charge < -0.3 is 9.47 Å². The zero-order valence-corrected chi connectivity index (χ0v) is 24.8. The van der Waals surface area contributed by atoms with Crippen molar-refractivity contribution in [2.24, 2.45) is 0 Å². The normalized spacial score (nSPS) is 13.6. The van der Waals surface area contributed by atoms with E-state index in [1.165, 1.54) is 16.5 Å². The predicted octanol–water partition coefficient (Wildman–Crippen LogP) is 8.07. The summed E-state index contributed by atoms with van der Waals surface area (Å²) >= 11 is 0. The van der Waals surface area contributed by atoms with E-state index in [1.54, 1.807) is 6.20 Å². The largest absolute Gasteiger partial charge is 2.00 e. The second kappa shape index (κ2) is 9.57. The van der Waals surface area contributed by atoms with Gasteiger partial charge in [-0.2, -0.15) is 17.2 Å². The van der Waals surface area contributed by atoms with Gasteiger partial charge in [0.05, 0.1) is 0 Å². The molecule has 0 fully saturated rings. The number of fused-ring (bicyclic) bond motifs is 5. The summed E-state index contributed by atoms with van der Waals surface area (Å²) in [4.78, 5) is 7.00. The third kappa shape index (κ3) is 3.80. The van der Waals surface area contributed by atoms with E-state index < -0.39 is 0 Å². The zero-order valence-electron chi connectivity index (χ0n) is 22.5. The monoisotopic (exact) mass is 710 g/mol. The first-order chi connectivity index (χ1) is 19.6. The van der Waals surface area contributed by atoms with Crippen LogP contribution in [0.1, 0.15) is 25.0 Å². The average molecular weight is 711 g/mol. The maximum Gasteiger partial charge on any atom is 2.00 e. The van der Waals surface area contributed by atoms with E-state index >= 15 is 0 Å². The summed E-state index contributed by atoms with van der Waals surface area (Å²) in [5, 5.41) is 6.80. The molecular formula is C35H25N5Pt. The molecule has 7 aromatic rings. The van der Waals surface area contributed by atoms with E-state index in [-0.39, 0.29) is 26.5 Å². The van der Waals surface area contributed by atoms with Crippen LogP contribution in [0.25, 0.3) is 33.3 Å². The number of rotatable bonds is 3. The van der Waals surface area contributed by atoms with Gasteiger partial charge in [-0.05, 0) is 52.4 Å². The summed E-state index contributed by atoms with van der Waals surface area (Å²) in [7, 11) is 0.